The van der Waals surface area contributed by atoms with Gasteiger partial charge in [0.25, 0.3) is 0 Å². The molecule has 68 valence electrons. The van der Waals surface area contributed by atoms with Gasteiger partial charge in [-0.1, -0.05) is 0 Å². The van der Waals surface area contributed by atoms with Gasteiger partial charge in [0.15, 0.2) is 0 Å². The topological polar surface area (TPSA) is 12.0 Å². The van der Waals surface area contributed by atoms with Crippen LogP contribution in [0.5, 0.6) is 0 Å². The molecule has 0 aromatic rings. The van der Waals surface area contributed by atoms with E-state index < -0.39 is 12.2 Å². The normalized spacial score (nSPS) is 12.0. The highest BCUT2D eigenvalue weighted by Gasteiger charge is 2.27. The highest BCUT2D eigenvalue weighted by Crippen LogP contribution is 2.29. The van der Waals surface area contributed by atoms with E-state index in [0.717, 1.165) is 0 Å². The summed E-state index contributed by atoms with van der Waals surface area (Å²) in [5, 5.41) is 2.51. The molecule has 0 heterocycles. The van der Waals surface area contributed by atoms with Gasteiger partial charge in [0.2, 0.25) is 0 Å². The molecule has 6 heteroatoms. The molecule has 0 unspecified atom stereocenters. The van der Waals surface area contributed by atoms with Crippen LogP contribution in [0.25, 0.3) is 0 Å². The van der Waals surface area contributed by atoms with E-state index in [-0.39, 0.29) is 30.6 Å². The number of alkyl halides is 4. The first-order chi connectivity index (χ1) is 5.06. The van der Waals surface area contributed by atoms with Gasteiger partial charge in [0, 0.05) is 18.8 Å². The van der Waals surface area contributed by atoms with E-state index in [1.807, 2.05) is 0 Å². The van der Waals surface area contributed by atoms with Gasteiger partial charge in [-0.2, -0.15) is 13.2 Å². The minimum atomic E-state index is -4.17. The summed E-state index contributed by atoms with van der Waals surface area (Å²) >= 11 is -0.101. The van der Waals surface area contributed by atoms with Crippen molar-refractivity contribution in [1.29, 1.82) is 0 Å². The summed E-state index contributed by atoms with van der Waals surface area (Å²) < 4.78 is 45.6. The van der Waals surface area contributed by atoms with Gasteiger partial charge in [-0.3, -0.25) is 0 Å². The third kappa shape index (κ3) is 10.0. The molecule has 0 atom stereocenters. The zero-order valence-corrected chi connectivity index (χ0v) is 6.57. The maximum Gasteiger partial charge on any atom is 0.441 e. The SMILES string of the molecule is FCCNCCSC(F)(F)F. The standard InChI is InChI=1S/C5H9F4NS/c6-1-2-10-3-4-11-5(7,8)9/h10H,1-4H2. The largest absolute Gasteiger partial charge is 0.441 e. The predicted molar refractivity (Wildman–Crippen MR) is 37.4 cm³/mol. The summed E-state index contributed by atoms with van der Waals surface area (Å²) in [6.07, 6.45) is 0. The van der Waals surface area contributed by atoms with Crippen LogP contribution in [0.1, 0.15) is 0 Å². The van der Waals surface area contributed by atoms with Gasteiger partial charge in [-0.05, 0) is 11.8 Å². The van der Waals surface area contributed by atoms with Crippen LogP contribution in [0, 0.1) is 0 Å². The first-order valence-electron chi connectivity index (χ1n) is 3.03. The first kappa shape index (κ1) is 11.0. The van der Waals surface area contributed by atoms with Crippen molar-refractivity contribution < 1.29 is 17.6 Å². The van der Waals surface area contributed by atoms with Gasteiger partial charge in [-0.25, -0.2) is 4.39 Å². The summed E-state index contributed by atoms with van der Waals surface area (Å²) in [6, 6.07) is 0. The van der Waals surface area contributed by atoms with Gasteiger partial charge in [0.05, 0.1) is 0 Å². The predicted octanol–water partition coefficient (Wildman–Crippen LogP) is 1.80. The first-order valence-corrected chi connectivity index (χ1v) is 4.02. The summed E-state index contributed by atoms with van der Waals surface area (Å²) in [4.78, 5) is 0. The minimum absolute atomic E-state index is 0.0660. The van der Waals surface area contributed by atoms with Crippen LogP contribution >= 0.6 is 11.8 Å². The second-order valence-electron chi connectivity index (χ2n) is 1.73. The molecule has 0 aromatic carbocycles. The van der Waals surface area contributed by atoms with Crippen molar-refractivity contribution in [3.8, 4) is 0 Å². The Bertz CT molecular complexity index is 95.0. The molecular weight excluding hydrogens is 182 g/mol. The number of rotatable bonds is 5. The number of nitrogens with one attached hydrogen (secondary N) is 1. The second-order valence-corrected chi connectivity index (χ2v) is 2.89. The third-order valence-electron chi connectivity index (χ3n) is 0.816. The Labute approximate surface area is 66.5 Å². The van der Waals surface area contributed by atoms with E-state index in [1.54, 1.807) is 0 Å². The Hall–Kier alpha value is 0.0300. The third-order valence-corrected chi connectivity index (χ3v) is 1.55. The zero-order chi connectivity index (χ0) is 8.74. The molecule has 0 amide bonds. The molecule has 0 saturated carbocycles. The fourth-order valence-electron chi connectivity index (χ4n) is 0.431. The Morgan fingerprint density at radius 1 is 1.18 bits per heavy atom. The van der Waals surface area contributed by atoms with Crippen molar-refractivity contribution in [3.05, 3.63) is 0 Å². The molecule has 1 nitrogen and oxygen atoms in total. The summed E-state index contributed by atoms with van der Waals surface area (Å²) in [5.41, 5.74) is -4.17. The molecule has 0 fully saturated rings. The Morgan fingerprint density at radius 3 is 2.27 bits per heavy atom. The lowest BCUT2D eigenvalue weighted by Crippen LogP contribution is -2.20. The molecular formula is C5H9F4NS. The van der Waals surface area contributed by atoms with Crippen LogP contribution in [0.2, 0.25) is 0 Å². The fraction of sp³-hybridized carbons (Fsp3) is 1.00. The molecule has 0 radical (unpaired) electrons. The van der Waals surface area contributed by atoms with E-state index >= 15 is 0 Å². The smallest absolute Gasteiger partial charge is 0.313 e. The van der Waals surface area contributed by atoms with Crippen molar-refractivity contribution in [1.82, 2.24) is 5.32 Å². The quantitative estimate of drug-likeness (QED) is 0.525. The zero-order valence-electron chi connectivity index (χ0n) is 5.75. The van der Waals surface area contributed by atoms with E-state index in [0.29, 0.717) is 0 Å². The Balaban J connectivity index is 3.02. The second kappa shape index (κ2) is 5.65. The van der Waals surface area contributed by atoms with Gasteiger partial charge in [-0.15, -0.1) is 0 Å². The fourth-order valence-corrected chi connectivity index (χ4v) is 0.909. The number of hydrogen-bond acceptors (Lipinski definition) is 2. The molecule has 0 aromatic heterocycles. The van der Waals surface area contributed by atoms with Crippen molar-refractivity contribution in [2.45, 2.75) is 5.51 Å². The van der Waals surface area contributed by atoms with Gasteiger partial charge >= 0.3 is 5.51 Å². The van der Waals surface area contributed by atoms with Crippen LogP contribution in [-0.4, -0.2) is 31.0 Å². The Kier molecular flexibility index (Phi) is 5.67. The molecule has 1 N–H and O–H groups in total. The molecule has 11 heavy (non-hydrogen) atoms. The average Bonchev–Trinajstić information content (AvgIpc) is 1.85. The van der Waals surface area contributed by atoms with Crippen molar-refractivity contribution in [2.75, 3.05) is 25.5 Å². The molecule has 0 spiro atoms. The molecule has 0 saturated heterocycles. The van der Waals surface area contributed by atoms with Crippen LogP contribution in [0.15, 0.2) is 0 Å². The lowest BCUT2D eigenvalue weighted by molar-refractivity contribution is -0.0327. The maximum atomic E-state index is 11.4. The molecule has 0 aliphatic heterocycles. The summed E-state index contributed by atoms with van der Waals surface area (Å²) in [7, 11) is 0. The van der Waals surface area contributed by atoms with Crippen LogP contribution < -0.4 is 5.32 Å². The monoisotopic (exact) mass is 191 g/mol. The molecule has 0 aliphatic carbocycles. The van der Waals surface area contributed by atoms with Gasteiger partial charge < -0.3 is 5.32 Å². The van der Waals surface area contributed by atoms with Crippen LogP contribution in [0.3, 0.4) is 0 Å². The van der Waals surface area contributed by atoms with Crippen LogP contribution in [0.4, 0.5) is 17.6 Å². The molecule has 0 bridgehead atoms. The lowest BCUT2D eigenvalue weighted by atomic mass is 10.6. The van der Waals surface area contributed by atoms with E-state index in [4.69, 9.17) is 0 Å². The number of halogens is 4. The van der Waals surface area contributed by atoms with Crippen molar-refractivity contribution in [3.63, 3.8) is 0 Å². The molecule has 0 rings (SSSR count). The average molecular weight is 191 g/mol. The van der Waals surface area contributed by atoms with E-state index in [9.17, 15) is 17.6 Å². The van der Waals surface area contributed by atoms with E-state index in [2.05, 4.69) is 5.32 Å². The highest BCUT2D eigenvalue weighted by atomic mass is 32.2. The van der Waals surface area contributed by atoms with Crippen LogP contribution in [-0.2, 0) is 0 Å². The highest BCUT2D eigenvalue weighted by molar-refractivity contribution is 8.00. The minimum Gasteiger partial charge on any atom is -0.313 e. The lowest BCUT2D eigenvalue weighted by Gasteiger charge is -2.04. The number of hydrogen-bond donors (Lipinski definition) is 1. The van der Waals surface area contributed by atoms with Gasteiger partial charge in [0.1, 0.15) is 6.67 Å². The maximum absolute atomic E-state index is 11.4. The van der Waals surface area contributed by atoms with Crippen molar-refractivity contribution >= 4 is 11.8 Å². The summed E-state index contributed by atoms with van der Waals surface area (Å²) in [5.74, 6) is -0.0660. The Morgan fingerprint density at radius 2 is 1.82 bits per heavy atom. The molecule has 0 aliphatic rings. The van der Waals surface area contributed by atoms with Crippen molar-refractivity contribution in [2.24, 2.45) is 0 Å². The summed E-state index contributed by atoms with van der Waals surface area (Å²) in [6.45, 7) is -0.233. The number of thioether (sulfide) groups is 1. The van der Waals surface area contributed by atoms with E-state index in [1.165, 1.54) is 0 Å².